The highest BCUT2D eigenvalue weighted by Crippen LogP contribution is 2.54. The van der Waals surface area contributed by atoms with Gasteiger partial charge in [-0.15, -0.1) is 0 Å². The highest BCUT2D eigenvalue weighted by Gasteiger charge is 2.63. The first kappa shape index (κ1) is 18.8. The second kappa shape index (κ2) is 6.40. The van der Waals surface area contributed by atoms with Crippen molar-refractivity contribution in [2.45, 2.75) is 12.3 Å². The van der Waals surface area contributed by atoms with Crippen LogP contribution in [0, 0.1) is 0 Å². The number of carbonyl (C=O) groups is 4. The molecule has 0 saturated heterocycles. The molecule has 5 rings (SSSR count). The third kappa shape index (κ3) is 2.24. The molecule has 2 aromatic carbocycles. The summed E-state index contributed by atoms with van der Waals surface area (Å²) in [6.45, 7) is 1.61. The minimum atomic E-state index is -1.97. The van der Waals surface area contributed by atoms with Gasteiger partial charge in [-0.25, -0.2) is 4.79 Å². The number of rotatable bonds is 2. The number of para-hydroxylation sites is 1. The zero-order chi connectivity index (χ0) is 21.9. The van der Waals surface area contributed by atoms with Crippen molar-refractivity contribution in [1.82, 2.24) is 0 Å². The van der Waals surface area contributed by atoms with Crippen LogP contribution in [-0.2, 0) is 24.5 Å². The number of nitrogens with two attached hydrogens (primary N) is 1. The van der Waals surface area contributed by atoms with E-state index in [0.29, 0.717) is 11.3 Å². The van der Waals surface area contributed by atoms with Crippen LogP contribution in [0.15, 0.2) is 71.3 Å². The Kier molecular flexibility index (Phi) is 3.88. The smallest absolute Gasteiger partial charge is 0.341 e. The lowest BCUT2D eigenvalue weighted by atomic mass is 9.64. The van der Waals surface area contributed by atoms with Crippen LogP contribution in [0.25, 0.3) is 0 Å². The summed E-state index contributed by atoms with van der Waals surface area (Å²) in [4.78, 5) is 53.4. The Hall–Kier alpha value is -4.20. The average Bonchev–Trinajstić information content (AvgIpc) is 3.04. The number of hydrogen-bond acceptors (Lipinski definition) is 7. The van der Waals surface area contributed by atoms with Crippen LogP contribution in [0.1, 0.15) is 33.2 Å². The fourth-order valence-corrected chi connectivity index (χ4v) is 4.47. The fourth-order valence-electron chi connectivity index (χ4n) is 4.47. The van der Waals surface area contributed by atoms with Gasteiger partial charge in [0.05, 0.1) is 12.2 Å². The van der Waals surface area contributed by atoms with Crippen molar-refractivity contribution in [2.75, 3.05) is 11.9 Å². The summed E-state index contributed by atoms with van der Waals surface area (Å²) >= 11 is 0. The van der Waals surface area contributed by atoms with Gasteiger partial charge in [-0.3, -0.25) is 14.4 Å². The zero-order valence-electron chi connectivity index (χ0n) is 16.4. The maximum atomic E-state index is 13.7. The number of ether oxygens (including phenoxy) is 2. The molecule has 0 fully saturated rings. The van der Waals surface area contributed by atoms with Crippen molar-refractivity contribution in [3.05, 3.63) is 88.0 Å². The van der Waals surface area contributed by atoms with E-state index in [4.69, 9.17) is 15.2 Å². The number of amides is 1. The third-order valence-corrected chi connectivity index (χ3v) is 5.68. The molecule has 3 N–H and O–H groups in total. The molecular formula is C23H16N2O6. The van der Waals surface area contributed by atoms with E-state index >= 15 is 0 Å². The van der Waals surface area contributed by atoms with Gasteiger partial charge in [0.2, 0.25) is 17.6 Å². The molecule has 2 heterocycles. The van der Waals surface area contributed by atoms with Crippen LogP contribution in [0.3, 0.4) is 0 Å². The Labute approximate surface area is 176 Å². The largest absolute Gasteiger partial charge is 0.462 e. The molecule has 1 atom stereocenters. The minimum absolute atomic E-state index is 0.0105. The average molecular weight is 416 g/mol. The number of ketones is 2. The van der Waals surface area contributed by atoms with Crippen molar-refractivity contribution >= 4 is 29.1 Å². The first-order valence-corrected chi connectivity index (χ1v) is 9.62. The van der Waals surface area contributed by atoms with Gasteiger partial charge < -0.3 is 20.5 Å². The topological polar surface area (TPSA) is 125 Å². The molecule has 0 radical (unpaired) electrons. The molecule has 0 saturated carbocycles. The van der Waals surface area contributed by atoms with Crippen molar-refractivity contribution in [1.29, 1.82) is 0 Å². The molecule has 8 heteroatoms. The molecule has 0 aromatic heterocycles. The van der Waals surface area contributed by atoms with E-state index in [-0.39, 0.29) is 34.6 Å². The summed E-state index contributed by atoms with van der Waals surface area (Å²) in [6.07, 6.45) is 0. The van der Waals surface area contributed by atoms with E-state index in [9.17, 15) is 19.2 Å². The lowest BCUT2D eigenvalue weighted by Crippen LogP contribution is -2.50. The summed E-state index contributed by atoms with van der Waals surface area (Å²) in [5, 5.41) is 2.71. The van der Waals surface area contributed by atoms with E-state index in [1.807, 2.05) is 0 Å². The molecule has 8 nitrogen and oxygen atoms in total. The second-order valence-electron chi connectivity index (χ2n) is 7.22. The van der Waals surface area contributed by atoms with E-state index in [0.717, 1.165) is 0 Å². The summed E-state index contributed by atoms with van der Waals surface area (Å²) in [7, 11) is 0. The van der Waals surface area contributed by atoms with Crippen LogP contribution >= 0.6 is 0 Å². The van der Waals surface area contributed by atoms with E-state index < -0.39 is 34.7 Å². The number of Topliss-reactive ketones (excluding diaryl/α,β-unsaturated/α-hetero) is 2. The number of carbonyl (C=O) groups excluding carboxylic acids is 4. The Morgan fingerprint density at radius 3 is 2.39 bits per heavy atom. The summed E-state index contributed by atoms with van der Waals surface area (Å²) in [6, 6.07) is 12.8. The molecular weight excluding hydrogens is 400 g/mol. The standard InChI is InChI=1S/C23H16N2O6/c1-2-30-21(28)16-20(24)31-19-15(17(26)11-7-3-4-8-12(11)18(19)27)23(16)13-9-5-6-10-14(13)25-22(23)29/h3-10H,2,24H2,1H3,(H,25,29). The summed E-state index contributed by atoms with van der Waals surface area (Å²) in [5.74, 6) is -3.59. The predicted octanol–water partition coefficient (Wildman–Crippen LogP) is 1.97. The Bertz CT molecular complexity index is 1290. The highest BCUT2D eigenvalue weighted by molar-refractivity contribution is 6.32. The maximum absolute atomic E-state index is 13.7. The van der Waals surface area contributed by atoms with Gasteiger partial charge >= 0.3 is 5.97 Å². The SMILES string of the molecule is CCOC(=O)C1=C(N)OC2=C(C(=O)c3ccccc3C2=O)C12C(=O)Nc1ccccc12. The van der Waals surface area contributed by atoms with E-state index in [2.05, 4.69) is 5.32 Å². The normalized spacial score (nSPS) is 21.4. The van der Waals surface area contributed by atoms with Crippen molar-refractivity contribution in [3.8, 4) is 0 Å². The number of fused-ring (bicyclic) bond motifs is 4. The van der Waals surface area contributed by atoms with Crippen LogP contribution in [-0.4, -0.2) is 30.0 Å². The van der Waals surface area contributed by atoms with Gasteiger partial charge in [0, 0.05) is 22.4 Å². The summed E-state index contributed by atoms with van der Waals surface area (Å²) in [5.41, 5.74) is 4.54. The molecule has 1 spiro atoms. The summed E-state index contributed by atoms with van der Waals surface area (Å²) < 4.78 is 10.7. The molecule has 154 valence electrons. The number of esters is 1. The highest BCUT2D eigenvalue weighted by atomic mass is 16.5. The van der Waals surface area contributed by atoms with Gasteiger partial charge in [-0.2, -0.15) is 0 Å². The van der Waals surface area contributed by atoms with Gasteiger partial charge in [0.1, 0.15) is 11.0 Å². The number of nitrogens with one attached hydrogen (secondary N) is 1. The van der Waals surface area contributed by atoms with Crippen LogP contribution < -0.4 is 11.1 Å². The number of anilines is 1. The number of hydrogen-bond donors (Lipinski definition) is 2. The first-order valence-electron chi connectivity index (χ1n) is 9.62. The molecule has 3 aliphatic rings. The van der Waals surface area contributed by atoms with Crippen LogP contribution in [0.2, 0.25) is 0 Å². The fraction of sp³-hybridized carbons (Fsp3) is 0.130. The molecule has 2 aromatic rings. The number of benzene rings is 2. The molecule has 31 heavy (non-hydrogen) atoms. The van der Waals surface area contributed by atoms with Crippen molar-refractivity contribution < 1.29 is 28.7 Å². The molecule has 1 aliphatic carbocycles. The zero-order valence-corrected chi connectivity index (χ0v) is 16.4. The van der Waals surface area contributed by atoms with E-state index in [1.54, 1.807) is 43.3 Å². The lowest BCUT2D eigenvalue weighted by Gasteiger charge is -2.38. The van der Waals surface area contributed by atoms with Gasteiger partial charge in [0.25, 0.3) is 0 Å². The van der Waals surface area contributed by atoms with Crippen molar-refractivity contribution in [2.24, 2.45) is 5.73 Å². The molecule has 0 bridgehead atoms. The first-order chi connectivity index (χ1) is 14.9. The monoisotopic (exact) mass is 416 g/mol. The number of allylic oxidation sites excluding steroid dienone is 1. The second-order valence-corrected chi connectivity index (χ2v) is 7.22. The molecule has 1 amide bonds. The Morgan fingerprint density at radius 1 is 1.03 bits per heavy atom. The lowest BCUT2D eigenvalue weighted by molar-refractivity contribution is -0.140. The van der Waals surface area contributed by atoms with E-state index in [1.165, 1.54) is 12.1 Å². The van der Waals surface area contributed by atoms with Crippen LogP contribution in [0.5, 0.6) is 0 Å². The quantitative estimate of drug-likeness (QED) is 0.717. The Morgan fingerprint density at radius 2 is 1.68 bits per heavy atom. The van der Waals surface area contributed by atoms with Gasteiger partial charge in [-0.1, -0.05) is 42.5 Å². The maximum Gasteiger partial charge on any atom is 0.341 e. The van der Waals surface area contributed by atoms with Gasteiger partial charge in [0.15, 0.2) is 11.5 Å². The predicted molar refractivity (Wildman–Crippen MR) is 108 cm³/mol. The van der Waals surface area contributed by atoms with Gasteiger partial charge in [-0.05, 0) is 13.0 Å². The van der Waals surface area contributed by atoms with Crippen molar-refractivity contribution in [3.63, 3.8) is 0 Å². The molecule has 2 aliphatic heterocycles. The Balaban J connectivity index is 1.89. The van der Waals surface area contributed by atoms with Crippen LogP contribution in [0.4, 0.5) is 5.69 Å². The minimum Gasteiger partial charge on any atom is -0.462 e. The molecule has 1 unspecified atom stereocenters. The third-order valence-electron chi connectivity index (χ3n) is 5.68.